The SMILES string of the molecule is Cc1ccc(C(C)Nc2ccc(Br)c(C)c2)cc1F. The molecule has 100 valence electrons. The van der Waals surface area contributed by atoms with Crippen molar-refractivity contribution < 1.29 is 4.39 Å². The van der Waals surface area contributed by atoms with Gasteiger partial charge in [-0.1, -0.05) is 28.1 Å². The molecule has 0 radical (unpaired) electrons. The Kier molecular flexibility index (Phi) is 4.25. The van der Waals surface area contributed by atoms with Gasteiger partial charge in [-0.3, -0.25) is 0 Å². The summed E-state index contributed by atoms with van der Waals surface area (Å²) in [5.74, 6) is -0.155. The first-order valence-electron chi connectivity index (χ1n) is 6.26. The summed E-state index contributed by atoms with van der Waals surface area (Å²) in [5, 5.41) is 3.39. The second-order valence-electron chi connectivity index (χ2n) is 4.84. The number of halogens is 2. The van der Waals surface area contributed by atoms with E-state index in [1.807, 2.05) is 38.1 Å². The van der Waals surface area contributed by atoms with E-state index < -0.39 is 0 Å². The molecule has 0 bridgehead atoms. The van der Waals surface area contributed by atoms with Crippen molar-refractivity contribution in [3.05, 3.63) is 63.4 Å². The Hall–Kier alpha value is -1.35. The minimum absolute atomic E-state index is 0.0654. The number of anilines is 1. The Morgan fingerprint density at radius 2 is 1.79 bits per heavy atom. The van der Waals surface area contributed by atoms with E-state index in [4.69, 9.17) is 0 Å². The van der Waals surface area contributed by atoms with Crippen LogP contribution in [0.4, 0.5) is 10.1 Å². The van der Waals surface area contributed by atoms with E-state index in [1.54, 1.807) is 13.0 Å². The third kappa shape index (κ3) is 3.35. The molecule has 0 aliphatic carbocycles. The maximum absolute atomic E-state index is 13.6. The van der Waals surface area contributed by atoms with Crippen molar-refractivity contribution in [2.24, 2.45) is 0 Å². The Morgan fingerprint density at radius 1 is 1.05 bits per heavy atom. The van der Waals surface area contributed by atoms with Crippen LogP contribution in [0.25, 0.3) is 0 Å². The molecule has 0 aliphatic heterocycles. The fourth-order valence-corrected chi connectivity index (χ4v) is 2.19. The predicted molar refractivity (Wildman–Crippen MR) is 82.1 cm³/mol. The van der Waals surface area contributed by atoms with Crippen LogP contribution in [0.2, 0.25) is 0 Å². The van der Waals surface area contributed by atoms with Crippen molar-refractivity contribution in [2.75, 3.05) is 5.32 Å². The van der Waals surface area contributed by atoms with E-state index in [2.05, 4.69) is 27.3 Å². The standard InChI is InChI=1S/C16H17BrFN/c1-10-4-5-13(9-16(10)18)12(3)19-14-6-7-15(17)11(2)8-14/h4-9,12,19H,1-3H3. The van der Waals surface area contributed by atoms with Crippen molar-refractivity contribution in [1.29, 1.82) is 0 Å². The highest BCUT2D eigenvalue weighted by Gasteiger charge is 2.08. The third-order valence-electron chi connectivity index (χ3n) is 3.24. The van der Waals surface area contributed by atoms with Crippen molar-refractivity contribution in [1.82, 2.24) is 0 Å². The molecule has 19 heavy (non-hydrogen) atoms. The highest BCUT2D eigenvalue weighted by Crippen LogP contribution is 2.24. The molecule has 1 N–H and O–H groups in total. The molecule has 0 saturated carbocycles. The fourth-order valence-electron chi connectivity index (χ4n) is 1.95. The number of rotatable bonds is 3. The lowest BCUT2D eigenvalue weighted by Gasteiger charge is -2.17. The van der Waals surface area contributed by atoms with Gasteiger partial charge in [-0.25, -0.2) is 4.39 Å². The van der Waals surface area contributed by atoms with Crippen LogP contribution in [0.1, 0.15) is 29.7 Å². The van der Waals surface area contributed by atoms with E-state index in [0.717, 1.165) is 15.7 Å². The van der Waals surface area contributed by atoms with Gasteiger partial charge in [0.2, 0.25) is 0 Å². The molecular formula is C16H17BrFN. The first kappa shape index (κ1) is 14.1. The lowest BCUT2D eigenvalue weighted by atomic mass is 10.1. The molecule has 0 spiro atoms. The Balaban J connectivity index is 2.17. The molecule has 2 rings (SSSR count). The van der Waals surface area contributed by atoms with E-state index in [0.29, 0.717) is 5.56 Å². The normalized spacial score (nSPS) is 12.3. The van der Waals surface area contributed by atoms with Crippen LogP contribution in [0.3, 0.4) is 0 Å². The van der Waals surface area contributed by atoms with Crippen molar-refractivity contribution in [3.63, 3.8) is 0 Å². The van der Waals surface area contributed by atoms with Crippen LogP contribution in [-0.2, 0) is 0 Å². The first-order valence-corrected chi connectivity index (χ1v) is 7.05. The van der Waals surface area contributed by atoms with Crippen LogP contribution in [0, 0.1) is 19.7 Å². The summed E-state index contributed by atoms with van der Waals surface area (Å²) in [6, 6.07) is 11.5. The minimum atomic E-state index is -0.155. The first-order chi connectivity index (χ1) is 8.97. The van der Waals surface area contributed by atoms with Crippen molar-refractivity contribution >= 4 is 21.6 Å². The third-order valence-corrected chi connectivity index (χ3v) is 4.13. The average molecular weight is 322 g/mol. The van der Waals surface area contributed by atoms with Gasteiger partial charge in [-0.2, -0.15) is 0 Å². The molecule has 1 unspecified atom stereocenters. The Morgan fingerprint density at radius 3 is 2.42 bits per heavy atom. The second kappa shape index (κ2) is 5.74. The Bertz CT molecular complexity index is 595. The largest absolute Gasteiger partial charge is 0.379 e. The van der Waals surface area contributed by atoms with Gasteiger partial charge in [0, 0.05) is 16.2 Å². The molecule has 0 aromatic heterocycles. The van der Waals surface area contributed by atoms with Crippen LogP contribution in [0.5, 0.6) is 0 Å². The number of hydrogen-bond donors (Lipinski definition) is 1. The molecule has 2 aromatic rings. The summed E-state index contributed by atoms with van der Waals surface area (Å²) in [6.45, 7) is 5.85. The minimum Gasteiger partial charge on any atom is -0.379 e. The number of hydrogen-bond acceptors (Lipinski definition) is 1. The number of benzene rings is 2. The van der Waals surface area contributed by atoms with Crippen LogP contribution < -0.4 is 5.32 Å². The van der Waals surface area contributed by atoms with Crippen LogP contribution in [0.15, 0.2) is 40.9 Å². The predicted octanol–water partition coefficient (Wildman–Crippen LogP) is 5.38. The van der Waals surface area contributed by atoms with E-state index >= 15 is 0 Å². The zero-order valence-corrected chi connectivity index (χ0v) is 12.9. The van der Waals surface area contributed by atoms with E-state index in [9.17, 15) is 4.39 Å². The van der Waals surface area contributed by atoms with Gasteiger partial charge < -0.3 is 5.32 Å². The van der Waals surface area contributed by atoms with Gasteiger partial charge in [-0.05, 0) is 61.7 Å². The Labute approximate surface area is 122 Å². The molecule has 0 heterocycles. The molecule has 3 heteroatoms. The van der Waals surface area contributed by atoms with Gasteiger partial charge in [-0.15, -0.1) is 0 Å². The summed E-state index contributed by atoms with van der Waals surface area (Å²) >= 11 is 3.48. The highest BCUT2D eigenvalue weighted by atomic mass is 79.9. The van der Waals surface area contributed by atoms with Crippen molar-refractivity contribution in [2.45, 2.75) is 26.8 Å². The summed E-state index contributed by atoms with van der Waals surface area (Å²) in [6.07, 6.45) is 0. The highest BCUT2D eigenvalue weighted by molar-refractivity contribution is 9.10. The van der Waals surface area contributed by atoms with Gasteiger partial charge in [0.15, 0.2) is 0 Å². The average Bonchev–Trinajstić information content (AvgIpc) is 2.37. The van der Waals surface area contributed by atoms with Gasteiger partial charge in [0.05, 0.1) is 0 Å². The zero-order valence-electron chi connectivity index (χ0n) is 11.3. The van der Waals surface area contributed by atoms with E-state index in [1.165, 1.54) is 5.56 Å². The maximum Gasteiger partial charge on any atom is 0.126 e. The summed E-state index contributed by atoms with van der Waals surface area (Å²) in [4.78, 5) is 0. The molecule has 0 amide bonds. The quantitative estimate of drug-likeness (QED) is 0.800. The van der Waals surface area contributed by atoms with Crippen LogP contribution in [-0.4, -0.2) is 0 Å². The lowest BCUT2D eigenvalue weighted by Crippen LogP contribution is -2.07. The molecular weight excluding hydrogens is 305 g/mol. The van der Waals surface area contributed by atoms with Gasteiger partial charge in [0.25, 0.3) is 0 Å². The summed E-state index contributed by atoms with van der Waals surface area (Å²) < 4.78 is 14.7. The fraction of sp³-hybridized carbons (Fsp3) is 0.250. The van der Waals surface area contributed by atoms with Gasteiger partial charge in [0.1, 0.15) is 5.82 Å². The number of nitrogens with one attached hydrogen (secondary N) is 1. The summed E-state index contributed by atoms with van der Waals surface area (Å²) in [7, 11) is 0. The molecule has 0 aliphatic rings. The topological polar surface area (TPSA) is 12.0 Å². The van der Waals surface area contributed by atoms with Crippen LogP contribution >= 0.6 is 15.9 Å². The lowest BCUT2D eigenvalue weighted by molar-refractivity contribution is 0.614. The molecule has 0 saturated heterocycles. The number of aryl methyl sites for hydroxylation is 2. The zero-order chi connectivity index (χ0) is 14.0. The maximum atomic E-state index is 13.6. The smallest absolute Gasteiger partial charge is 0.126 e. The summed E-state index contributed by atoms with van der Waals surface area (Å²) in [5.41, 5.74) is 3.83. The molecule has 2 aromatic carbocycles. The van der Waals surface area contributed by atoms with Gasteiger partial charge >= 0.3 is 0 Å². The molecule has 1 atom stereocenters. The second-order valence-corrected chi connectivity index (χ2v) is 5.69. The van der Waals surface area contributed by atoms with Crippen molar-refractivity contribution in [3.8, 4) is 0 Å². The molecule has 0 fully saturated rings. The monoisotopic (exact) mass is 321 g/mol. The van der Waals surface area contributed by atoms with E-state index in [-0.39, 0.29) is 11.9 Å². The molecule has 1 nitrogen and oxygen atoms in total.